The van der Waals surface area contributed by atoms with Crippen LogP contribution in [0.5, 0.6) is 0 Å². The van der Waals surface area contributed by atoms with Gasteiger partial charge in [0.1, 0.15) is 24.8 Å². The Morgan fingerprint density at radius 2 is 2.29 bits per heavy atom. The lowest BCUT2D eigenvalue weighted by atomic mass is 10.5. The molecule has 0 unspecified atom stereocenters. The third kappa shape index (κ3) is 2.94. The standard InChI is InChI=1S/C9H11N7S/c1-2-11-9(17)15-7-3-8(13-5-12-7)16-6-10-4-14-16/h3-6H,2H2,1H3,(H2,11,12,13,15,17). The molecule has 0 amide bonds. The van der Waals surface area contributed by atoms with Gasteiger partial charge >= 0.3 is 0 Å². The van der Waals surface area contributed by atoms with Gasteiger partial charge in [0.05, 0.1) is 0 Å². The van der Waals surface area contributed by atoms with Crippen molar-refractivity contribution in [3.63, 3.8) is 0 Å². The molecule has 0 aliphatic carbocycles. The Morgan fingerprint density at radius 1 is 1.41 bits per heavy atom. The summed E-state index contributed by atoms with van der Waals surface area (Å²) in [5.74, 6) is 1.23. The van der Waals surface area contributed by atoms with Gasteiger partial charge in [-0.05, 0) is 19.1 Å². The van der Waals surface area contributed by atoms with Crippen LogP contribution in [-0.4, -0.2) is 36.4 Å². The highest BCUT2D eigenvalue weighted by molar-refractivity contribution is 7.80. The van der Waals surface area contributed by atoms with Crippen molar-refractivity contribution in [1.29, 1.82) is 0 Å². The molecule has 2 rings (SSSR count). The van der Waals surface area contributed by atoms with Crippen molar-refractivity contribution in [2.45, 2.75) is 6.92 Å². The molecule has 0 bridgehead atoms. The van der Waals surface area contributed by atoms with E-state index in [1.807, 2.05) is 6.92 Å². The molecule has 2 N–H and O–H groups in total. The second kappa shape index (κ2) is 5.30. The number of nitrogens with zero attached hydrogens (tertiary/aromatic N) is 5. The molecule has 0 aromatic carbocycles. The number of aromatic nitrogens is 5. The van der Waals surface area contributed by atoms with Gasteiger partial charge in [0.15, 0.2) is 10.9 Å². The zero-order valence-electron chi connectivity index (χ0n) is 9.16. The summed E-state index contributed by atoms with van der Waals surface area (Å²) in [5.41, 5.74) is 0. The topological polar surface area (TPSA) is 80.5 Å². The van der Waals surface area contributed by atoms with Crippen LogP contribution in [0.3, 0.4) is 0 Å². The molecule has 0 radical (unpaired) electrons. The van der Waals surface area contributed by atoms with Gasteiger partial charge in [0, 0.05) is 12.6 Å². The van der Waals surface area contributed by atoms with Crippen molar-refractivity contribution in [3.05, 3.63) is 25.0 Å². The van der Waals surface area contributed by atoms with Crippen molar-refractivity contribution >= 4 is 23.1 Å². The molecular weight excluding hydrogens is 238 g/mol. The van der Waals surface area contributed by atoms with Gasteiger partial charge in [0.25, 0.3) is 0 Å². The van der Waals surface area contributed by atoms with Crippen molar-refractivity contribution in [2.24, 2.45) is 0 Å². The first kappa shape index (κ1) is 11.4. The summed E-state index contributed by atoms with van der Waals surface area (Å²) < 4.78 is 1.54. The Kier molecular flexibility index (Phi) is 3.55. The maximum atomic E-state index is 5.06. The molecule has 0 saturated carbocycles. The van der Waals surface area contributed by atoms with E-state index in [0.717, 1.165) is 6.54 Å². The highest BCUT2D eigenvalue weighted by atomic mass is 32.1. The zero-order valence-corrected chi connectivity index (χ0v) is 9.98. The highest BCUT2D eigenvalue weighted by Gasteiger charge is 2.02. The predicted octanol–water partition coefficient (Wildman–Crippen LogP) is 0.364. The lowest BCUT2D eigenvalue weighted by Gasteiger charge is -2.08. The molecule has 7 nitrogen and oxygen atoms in total. The van der Waals surface area contributed by atoms with E-state index in [1.165, 1.54) is 12.7 Å². The summed E-state index contributed by atoms with van der Waals surface area (Å²) >= 11 is 5.06. The van der Waals surface area contributed by atoms with Crippen LogP contribution in [0.4, 0.5) is 5.82 Å². The molecule has 2 heterocycles. The van der Waals surface area contributed by atoms with Crippen LogP contribution < -0.4 is 10.6 Å². The fraction of sp³-hybridized carbons (Fsp3) is 0.222. The van der Waals surface area contributed by atoms with Gasteiger partial charge in [-0.2, -0.15) is 5.10 Å². The lowest BCUT2D eigenvalue weighted by Crippen LogP contribution is -2.28. The smallest absolute Gasteiger partial charge is 0.171 e. The van der Waals surface area contributed by atoms with Crippen molar-refractivity contribution < 1.29 is 0 Å². The minimum Gasteiger partial charge on any atom is -0.363 e. The van der Waals surface area contributed by atoms with Crippen LogP contribution in [-0.2, 0) is 0 Å². The fourth-order valence-corrected chi connectivity index (χ4v) is 1.44. The lowest BCUT2D eigenvalue weighted by molar-refractivity contribution is 0.839. The van der Waals surface area contributed by atoms with E-state index >= 15 is 0 Å². The summed E-state index contributed by atoms with van der Waals surface area (Å²) in [6.07, 6.45) is 4.45. The molecule has 0 saturated heterocycles. The van der Waals surface area contributed by atoms with Crippen molar-refractivity contribution in [3.8, 4) is 5.82 Å². The maximum absolute atomic E-state index is 5.06. The molecule has 0 aliphatic heterocycles. The van der Waals surface area contributed by atoms with E-state index in [1.54, 1.807) is 17.1 Å². The van der Waals surface area contributed by atoms with E-state index in [9.17, 15) is 0 Å². The molecule has 8 heteroatoms. The summed E-state index contributed by atoms with van der Waals surface area (Å²) in [5, 5.41) is 10.4. The minimum absolute atomic E-state index is 0.524. The van der Waals surface area contributed by atoms with Crippen LogP contribution >= 0.6 is 12.2 Å². The number of anilines is 1. The summed E-state index contributed by atoms with van der Waals surface area (Å²) in [7, 11) is 0. The second-order valence-electron chi connectivity index (χ2n) is 3.09. The van der Waals surface area contributed by atoms with Gasteiger partial charge < -0.3 is 10.6 Å². The molecule has 0 atom stereocenters. The van der Waals surface area contributed by atoms with Crippen LogP contribution in [0.1, 0.15) is 6.92 Å². The highest BCUT2D eigenvalue weighted by Crippen LogP contribution is 2.06. The third-order valence-corrected chi connectivity index (χ3v) is 2.13. The fourth-order valence-electron chi connectivity index (χ4n) is 1.19. The maximum Gasteiger partial charge on any atom is 0.171 e. The van der Waals surface area contributed by atoms with E-state index in [0.29, 0.717) is 16.7 Å². The van der Waals surface area contributed by atoms with Gasteiger partial charge in [-0.3, -0.25) is 0 Å². The van der Waals surface area contributed by atoms with E-state index < -0.39 is 0 Å². The molecule has 0 fully saturated rings. The zero-order chi connectivity index (χ0) is 12.1. The second-order valence-corrected chi connectivity index (χ2v) is 3.49. The number of rotatable bonds is 3. The first-order valence-electron chi connectivity index (χ1n) is 5.01. The molecule has 0 spiro atoms. The number of hydrogen-bond donors (Lipinski definition) is 2. The molecule has 88 valence electrons. The van der Waals surface area contributed by atoms with E-state index in [4.69, 9.17) is 12.2 Å². The molecule has 2 aromatic heterocycles. The van der Waals surface area contributed by atoms with Crippen LogP contribution in [0, 0.1) is 0 Å². The van der Waals surface area contributed by atoms with E-state index in [2.05, 4.69) is 30.7 Å². The van der Waals surface area contributed by atoms with Gasteiger partial charge in [-0.25, -0.2) is 19.6 Å². The van der Waals surface area contributed by atoms with Crippen molar-refractivity contribution in [1.82, 2.24) is 30.0 Å². The SMILES string of the molecule is CCNC(=S)Nc1cc(-n2cncn2)ncn1. The minimum atomic E-state index is 0.524. The summed E-state index contributed by atoms with van der Waals surface area (Å²) in [6, 6.07) is 1.73. The third-order valence-electron chi connectivity index (χ3n) is 1.89. The number of nitrogens with one attached hydrogen (secondary N) is 2. The Bertz CT molecular complexity index is 496. The Morgan fingerprint density at radius 3 is 3.00 bits per heavy atom. The normalized spacial score (nSPS) is 9.94. The van der Waals surface area contributed by atoms with E-state index in [-0.39, 0.29) is 0 Å². The number of hydrogen-bond acceptors (Lipinski definition) is 5. The summed E-state index contributed by atoms with van der Waals surface area (Å²) in [4.78, 5) is 12.0. The van der Waals surface area contributed by atoms with Crippen LogP contribution in [0.15, 0.2) is 25.0 Å². The quantitative estimate of drug-likeness (QED) is 0.760. The predicted molar refractivity (Wildman–Crippen MR) is 66.8 cm³/mol. The van der Waals surface area contributed by atoms with Crippen LogP contribution in [0.25, 0.3) is 5.82 Å². The molecular formula is C9H11N7S. The van der Waals surface area contributed by atoms with Gasteiger partial charge in [-0.1, -0.05) is 0 Å². The first-order valence-corrected chi connectivity index (χ1v) is 5.42. The first-order chi connectivity index (χ1) is 8.29. The number of thiocarbonyl (C=S) groups is 1. The average Bonchev–Trinajstić information content (AvgIpc) is 2.83. The Balaban J connectivity index is 2.15. The molecule has 17 heavy (non-hydrogen) atoms. The summed E-state index contributed by atoms with van der Waals surface area (Å²) in [6.45, 7) is 2.72. The average molecular weight is 249 g/mol. The monoisotopic (exact) mass is 249 g/mol. The van der Waals surface area contributed by atoms with Crippen molar-refractivity contribution in [2.75, 3.05) is 11.9 Å². The molecule has 0 aliphatic rings. The van der Waals surface area contributed by atoms with Gasteiger partial charge in [-0.15, -0.1) is 0 Å². The Hall–Kier alpha value is -2.09. The molecule has 2 aromatic rings. The largest absolute Gasteiger partial charge is 0.363 e. The van der Waals surface area contributed by atoms with Gasteiger partial charge in [0.2, 0.25) is 0 Å². The van der Waals surface area contributed by atoms with Crippen LogP contribution in [0.2, 0.25) is 0 Å². The Labute approximate surface area is 103 Å².